The van der Waals surface area contributed by atoms with E-state index in [0.29, 0.717) is 0 Å². The van der Waals surface area contributed by atoms with Gasteiger partial charge in [0.2, 0.25) is 0 Å². The number of hydrogen-bond donors (Lipinski definition) is 0. The Balaban J connectivity index is 2.64. The Labute approximate surface area is 105 Å². The first-order valence-corrected chi connectivity index (χ1v) is 6.56. The third-order valence-corrected chi connectivity index (χ3v) is 3.37. The lowest BCUT2D eigenvalue weighted by Gasteiger charge is -2.12. The summed E-state index contributed by atoms with van der Waals surface area (Å²) in [5.41, 5.74) is 6.70. The summed E-state index contributed by atoms with van der Waals surface area (Å²) in [6.45, 7) is 4.33. The van der Waals surface area contributed by atoms with Crippen LogP contribution in [-0.4, -0.2) is 0 Å². The third kappa shape index (κ3) is 2.19. The highest BCUT2D eigenvalue weighted by atomic mass is 79.9. The molecule has 0 atom stereocenters. The van der Waals surface area contributed by atoms with Crippen LogP contribution in [0.25, 0.3) is 11.1 Å². The van der Waals surface area contributed by atoms with Crippen LogP contribution in [0.2, 0.25) is 0 Å². The summed E-state index contributed by atoms with van der Waals surface area (Å²) in [6, 6.07) is 15.1. The molecule has 2 aromatic rings. The topological polar surface area (TPSA) is 0 Å². The zero-order valence-corrected chi connectivity index (χ0v) is 11.2. The average molecular weight is 275 g/mol. The van der Waals surface area contributed by atoms with Crippen molar-refractivity contribution in [1.29, 1.82) is 0 Å². The zero-order chi connectivity index (χ0) is 11.5. The molecule has 0 nitrogen and oxygen atoms in total. The van der Waals surface area contributed by atoms with Crippen molar-refractivity contribution in [2.75, 3.05) is 0 Å². The smallest absolute Gasteiger partial charge is 0.0289 e. The molecule has 82 valence electrons. The first kappa shape index (κ1) is 11.4. The van der Waals surface area contributed by atoms with Crippen molar-refractivity contribution in [3.63, 3.8) is 0 Å². The number of halogens is 1. The first-order valence-electron chi connectivity index (χ1n) is 5.44. The maximum Gasteiger partial charge on any atom is 0.0289 e. The van der Waals surface area contributed by atoms with Crippen LogP contribution in [0.15, 0.2) is 42.5 Å². The molecular formula is C15H15Br. The lowest BCUT2D eigenvalue weighted by molar-refractivity contribution is 1.31. The highest BCUT2D eigenvalue weighted by molar-refractivity contribution is 9.08. The van der Waals surface area contributed by atoms with E-state index in [-0.39, 0.29) is 0 Å². The Bertz CT molecular complexity index is 486. The number of alkyl halides is 1. The van der Waals surface area contributed by atoms with Crippen LogP contribution in [0, 0.1) is 13.8 Å². The van der Waals surface area contributed by atoms with Crippen molar-refractivity contribution in [1.82, 2.24) is 0 Å². The second-order valence-corrected chi connectivity index (χ2v) is 4.68. The molecule has 0 spiro atoms. The SMILES string of the molecule is Cc1cc(C)c(-c2ccccc2)c(CBr)c1. The molecule has 0 amide bonds. The fraction of sp³-hybridized carbons (Fsp3) is 0.200. The van der Waals surface area contributed by atoms with E-state index >= 15 is 0 Å². The van der Waals surface area contributed by atoms with Crippen LogP contribution in [0.1, 0.15) is 16.7 Å². The number of benzene rings is 2. The molecule has 16 heavy (non-hydrogen) atoms. The molecular weight excluding hydrogens is 260 g/mol. The lowest BCUT2D eigenvalue weighted by Crippen LogP contribution is -1.92. The Morgan fingerprint density at radius 2 is 1.69 bits per heavy atom. The van der Waals surface area contributed by atoms with E-state index in [2.05, 4.69) is 72.2 Å². The van der Waals surface area contributed by atoms with Gasteiger partial charge in [0, 0.05) is 5.33 Å². The molecule has 1 heteroatoms. The zero-order valence-electron chi connectivity index (χ0n) is 9.63. The van der Waals surface area contributed by atoms with Gasteiger partial charge in [0.05, 0.1) is 0 Å². The maximum absolute atomic E-state index is 3.57. The van der Waals surface area contributed by atoms with Gasteiger partial charge >= 0.3 is 0 Å². The van der Waals surface area contributed by atoms with Crippen molar-refractivity contribution in [2.45, 2.75) is 19.2 Å². The summed E-state index contributed by atoms with van der Waals surface area (Å²) in [7, 11) is 0. The van der Waals surface area contributed by atoms with Crippen molar-refractivity contribution in [3.8, 4) is 11.1 Å². The molecule has 0 aromatic heterocycles. The van der Waals surface area contributed by atoms with E-state index < -0.39 is 0 Å². The molecule has 0 saturated carbocycles. The van der Waals surface area contributed by atoms with Gasteiger partial charge in [-0.3, -0.25) is 0 Å². The van der Waals surface area contributed by atoms with Crippen LogP contribution in [-0.2, 0) is 5.33 Å². The maximum atomic E-state index is 3.57. The molecule has 2 rings (SSSR count). The van der Waals surface area contributed by atoms with Crippen molar-refractivity contribution < 1.29 is 0 Å². The normalized spacial score (nSPS) is 10.4. The summed E-state index contributed by atoms with van der Waals surface area (Å²) >= 11 is 3.57. The van der Waals surface area contributed by atoms with Crippen LogP contribution >= 0.6 is 15.9 Å². The van der Waals surface area contributed by atoms with Gasteiger partial charge in [-0.15, -0.1) is 0 Å². The van der Waals surface area contributed by atoms with E-state index in [1.54, 1.807) is 0 Å². The minimum Gasteiger partial charge on any atom is -0.0876 e. The summed E-state index contributed by atoms with van der Waals surface area (Å²) in [5.74, 6) is 0. The van der Waals surface area contributed by atoms with Crippen molar-refractivity contribution in [2.24, 2.45) is 0 Å². The summed E-state index contributed by atoms with van der Waals surface area (Å²) in [4.78, 5) is 0. The molecule has 0 fully saturated rings. The molecule has 0 N–H and O–H groups in total. The van der Waals surface area contributed by atoms with Crippen LogP contribution in [0.4, 0.5) is 0 Å². The molecule has 2 aromatic carbocycles. The van der Waals surface area contributed by atoms with Crippen molar-refractivity contribution in [3.05, 3.63) is 59.2 Å². The third-order valence-electron chi connectivity index (χ3n) is 2.77. The summed E-state index contributed by atoms with van der Waals surface area (Å²) in [6.07, 6.45) is 0. The molecule has 0 bridgehead atoms. The fourth-order valence-electron chi connectivity index (χ4n) is 2.18. The molecule has 0 aliphatic heterocycles. The number of aryl methyl sites for hydroxylation is 2. The Morgan fingerprint density at radius 1 is 1.00 bits per heavy atom. The monoisotopic (exact) mass is 274 g/mol. The Morgan fingerprint density at radius 3 is 2.31 bits per heavy atom. The number of hydrogen-bond acceptors (Lipinski definition) is 0. The second kappa shape index (κ2) is 4.84. The summed E-state index contributed by atoms with van der Waals surface area (Å²) in [5, 5.41) is 0.903. The highest BCUT2D eigenvalue weighted by Gasteiger charge is 2.07. The van der Waals surface area contributed by atoms with E-state index in [1.807, 2.05) is 0 Å². The quantitative estimate of drug-likeness (QED) is 0.686. The minimum atomic E-state index is 0.903. The highest BCUT2D eigenvalue weighted by Crippen LogP contribution is 2.29. The van der Waals surface area contributed by atoms with Gasteiger partial charge in [-0.1, -0.05) is 64.0 Å². The van der Waals surface area contributed by atoms with E-state index in [1.165, 1.54) is 27.8 Å². The standard InChI is InChI=1S/C15H15Br/c1-11-8-12(2)15(14(9-11)10-16)13-6-4-3-5-7-13/h3-9H,10H2,1-2H3. The fourth-order valence-corrected chi connectivity index (χ4v) is 2.62. The van der Waals surface area contributed by atoms with E-state index in [9.17, 15) is 0 Å². The summed E-state index contributed by atoms with van der Waals surface area (Å²) < 4.78 is 0. The van der Waals surface area contributed by atoms with Gasteiger partial charge in [-0.05, 0) is 36.1 Å². The molecule has 0 aliphatic carbocycles. The molecule has 0 saturated heterocycles. The Kier molecular flexibility index (Phi) is 3.45. The van der Waals surface area contributed by atoms with Crippen LogP contribution in [0.5, 0.6) is 0 Å². The molecule has 0 heterocycles. The van der Waals surface area contributed by atoms with Gasteiger partial charge in [-0.2, -0.15) is 0 Å². The van der Waals surface area contributed by atoms with Crippen molar-refractivity contribution >= 4 is 15.9 Å². The van der Waals surface area contributed by atoms with E-state index in [4.69, 9.17) is 0 Å². The lowest BCUT2D eigenvalue weighted by atomic mass is 9.94. The number of rotatable bonds is 2. The predicted octanol–water partition coefficient (Wildman–Crippen LogP) is 4.87. The molecule has 0 unspecified atom stereocenters. The predicted molar refractivity (Wildman–Crippen MR) is 74.0 cm³/mol. The van der Waals surface area contributed by atoms with Gasteiger partial charge in [0.25, 0.3) is 0 Å². The van der Waals surface area contributed by atoms with Gasteiger partial charge in [0.15, 0.2) is 0 Å². The molecule has 0 aliphatic rings. The Hall–Kier alpha value is -1.08. The van der Waals surface area contributed by atoms with Gasteiger partial charge < -0.3 is 0 Å². The van der Waals surface area contributed by atoms with Crippen LogP contribution < -0.4 is 0 Å². The van der Waals surface area contributed by atoms with E-state index in [0.717, 1.165) is 5.33 Å². The second-order valence-electron chi connectivity index (χ2n) is 4.12. The minimum absolute atomic E-state index is 0.903. The molecule has 0 radical (unpaired) electrons. The average Bonchev–Trinajstić information content (AvgIpc) is 2.29. The van der Waals surface area contributed by atoms with Gasteiger partial charge in [0.1, 0.15) is 0 Å². The van der Waals surface area contributed by atoms with Crippen LogP contribution in [0.3, 0.4) is 0 Å². The van der Waals surface area contributed by atoms with Gasteiger partial charge in [-0.25, -0.2) is 0 Å². The first-order chi connectivity index (χ1) is 7.72. The largest absolute Gasteiger partial charge is 0.0876 e.